The maximum atomic E-state index is 13.7. The van der Waals surface area contributed by atoms with Gasteiger partial charge in [-0.15, -0.1) is 0 Å². The summed E-state index contributed by atoms with van der Waals surface area (Å²) in [6.45, 7) is 6.16. The second-order valence-corrected chi connectivity index (χ2v) is 5.93. The van der Waals surface area contributed by atoms with E-state index in [2.05, 4.69) is 17.1 Å². The Kier molecular flexibility index (Phi) is 6.46. The summed E-state index contributed by atoms with van der Waals surface area (Å²) in [4.78, 5) is 2.05. The van der Waals surface area contributed by atoms with Gasteiger partial charge in [-0.2, -0.15) is 0 Å². The van der Waals surface area contributed by atoms with Crippen LogP contribution in [0, 0.1) is 11.7 Å². The van der Waals surface area contributed by atoms with Crippen LogP contribution in [0.25, 0.3) is 0 Å². The molecule has 2 rings (SSSR count). The summed E-state index contributed by atoms with van der Waals surface area (Å²) in [5.41, 5.74) is 1.91. The third kappa shape index (κ3) is 6.02. The summed E-state index contributed by atoms with van der Waals surface area (Å²) in [6, 6.07) is 5.24. The number of rotatable bonds is 10. The van der Waals surface area contributed by atoms with E-state index >= 15 is 0 Å². The molecule has 4 heteroatoms. The smallest absolute Gasteiger partial charge is 0.125 e. The van der Waals surface area contributed by atoms with Crippen LogP contribution in [0.15, 0.2) is 18.2 Å². The van der Waals surface area contributed by atoms with Gasteiger partial charge in [0, 0.05) is 32.4 Å². The van der Waals surface area contributed by atoms with Gasteiger partial charge >= 0.3 is 0 Å². The molecule has 0 heterocycles. The fourth-order valence-corrected chi connectivity index (χ4v) is 2.23. The second kappa shape index (κ2) is 8.35. The Morgan fingerprint density at radius 2 is 2.14 bits per heavy atom. The van der Waals surface area contributed by atoms with E-state index in [1.165, 1.54) is 12.8 Å². The van der Waals surface area contributed by atoms with E-state index in [1.807, 2.05) is 13.1 Å². The standard InChI is InChI=1S/C17H27FN2O/c1-3-6-19-12-15-9-16(18)11-17(10-15)20(2)7-8-21-13-14-4-5-14/h9-11,14,19H,3-8,12-13H2,1-2H3. The average molecular weight is 294 g/mol. The zero-order chi connectivity index (χ0) is 15.1. The summed E-state index contributed by atoms with van der Waals surface area (Å²) in [5.74, 6) is 0.618. The molecule has 0 bridgehead atoms. The molecule has 1 aromatic carbocycles. The van der Waals surface area contributed by atoms with Crippen LogP contribution in [0.3, 0.4) is 0 Å². The Morgan fingerprint density at radius 1 is 1.33 bits per heavy atom. The van der Waals surface area contributed by atoms with Crippen molar-refractivity contribution in [3.05, 3.63) is 29.6 Å². The number of anilines is 1. The first kappa shape index (κ1) is 16.2. The Morgan fingerprint density at radius 3 is 2.86 bits per heavy atom. The van der Waals surface area contributed by atoms with Crippen LogP contribution in [0.5, 0.6) is 0 Å². The van der Waals surface area contributed by atoms with Crippen molar-refractivity contribution in [1.29, 1.82) is 0 Å². The molecule has 0 aliphatic heterocycles. The SMILES string of the molecule is CCCNCc1cc(F)cc(N(C)CCOCC2CC2)c1. The van der Waals surface area contributed by atoms with E-state index in [9.17, 15) is 4.39 Å². The molecule has 1 aliphatic carbocycles. The Hall–Kier alpha value is -1.13. The molecule has 0 aromatic heterocycles. The van der Waals surface area contributed by atoms with Crippen LogP contribution in [0.2, 0.25) is 0 Å². The number of nitrogens with one attached hydrogen (secondary N) is 1. The maximum Gasteiger partial charge on any atom is 0.125 e. The predicted molar refractivity (Wildman–Crippen MR) is 85.2 cm³/mol. The fraction of sp³-hybridized carbons (Fsp3) is 0.647. The first-order valence-corrected chi connectivity index (χ1v) is 7.98. The van der Waals surface area contributed by atoms with Crippen LogP contribution < -0.4 is 10.2 Å². The van der Waals surface area contributed by atoms with Crippen molar-refractivity contribution >= 4 is 5.69 Å². The largest absolute Gasteiger partial charge is 0.379 e. The van der Waals surface area contributed by atoms with E-state index < -0.39 is 0 Å². The number of halogens is 1. The Bertz CT molecular complexity index is 435. The number of likely N-dealkylation sites (N-methyl/N-ethyl adjacent to an activating group) is 1. The van der Waals surface area contributed by atoms with Crippen LogP contribution in [0.1, 0.15) is 31.7 Å². The van der Waals surface area contributed by atoms with Crippen molar-refractivity contribution in [2.45, 2.75) is 32.7 Å². The molecule has 0 spiro atoms. The van der Waals surface area contributed by atoms with Crippen LogP contribution in [0.4, 0.5) is 10.1 Å². The highest BCUT2D eigenvalue weighted by Gasteiger charge is 2.21. The average Bonchev–Trinajstić information content (AvgIpc) is 3.27. The summed E-state index contributed by atoms with van der Waals surface area (Å²) < 4.78 is 19.4. The molecule has 118 valence electrons. The molecule has 1 saturated carbocycles. The van der Waals surface area contributed by atoms with Crippen molar-refractivity contribution in [1.82, 2.24) is 5.32 Å². The molecule has 0 amide bonds. The van der Waals surface area contributed by atoms with Crippen molar-refractivity contribution in [3.8, 4) is 0 Å². The first-order chi connectivity index (χ1) is 10.2. The van der Waals surface area contributed by atoms with E-state index in [1.54, 1.807) is 12.1 Å². The van der Waals surface area contributed by atoms with Crippen LogP contribution in [-0.4, -0.2) is 33.4 Å². The highest BCUT2D eigenvalue weighted by Crippen LogP contribution is 2.28. The zero-order valence-electron chi connectivity index (χ0n) is 13.2. The Labute approximate surface area is 127 Å². The first-order valence-electron chi connectivity index (χ1n) is 7.98. The van der Waals surface area contributed by atoms with E-state index in [-0.39, 0.29) is 5.82 Å². The summed E-state index contributed by atoms with van der Waals surface area (Å²) in [5, 5.41) is 3.31. The maximum absolute atomic E-state index is 13.7. The van der Waals surface area contributed by atoms with Crippen LogP contribution in [-0.2, 0) is 11.3 Å². The molecular formula is C17H27FN2O. The lowest BCUT2D eigenvalue weighted by atomic mass is 10.1. The third-order valence-corrected chi connectivity index (χ3v) is 3.76. The van der Waals surface area contributed by atoms with E-state index in [4.69, 9.17) is 4.74 Å². The monoisotopic (exact) mass is 294 g/mol. The van der Waals surface area contributed by atoms with Gasteiger partial charge in [-0.25, -0.2) is 4.39 Å². The van der Waals surface area contributed by atoms with Crippen molar-refractivity contribution < 1.29 is 9.13 Å². The molecule has 0 atom stereocenters. The minimum Gasteiger partial charge on any atom is -0.379 e. The number of nitrogens with zero attached hydrogens (tertiary/aromatic N) is 1. The van der Waals surface area contributed by atoms with Crippen molar-refractivity contribution in [3.63, 3.8) is 0 Å². The molecule has 21 heavy (non-hydrogen) atoms. The molecular weight excluding hydrogens is 267 g/mol. The zero-order valence-corrected chi connectivity index (χ0v) is 13.2. The second-order valence-electron chi connectivity index (χ2n) is 5.93. The summed E-state index contributed by atoms with van der Waals surface area (Å²) in [7, 11) is 1.98. The van der Waals surface area contributed by atoms with Gasteiger partial charge in [0.2, 0.25) is 0 Å². The number of benzene rings is 1. The molecule has 3 nitrogen and oxygen atoms in total. The van der Waals surface area contributed by atoms with Gasteiger partial charge in [0.15, 0.2) is 0 Å². The van der Waals surface area contributed by atoms with Crippen molar-refractivity contribution in [2.75, 3.05) is 38.3 Å². The Balaban J connectivity index is 1.81. The number of hydrogen-bond acceptors (Lipinski definition) is 3. The fourth-order valence-electron chi connectivity index (χ4n) is 2.23. The number of ether oxygens (including phenoxy) is 1. The summed E-state index contributed by atoms with van der Waals surface area (Å²) >= 11 is 0. The molecule has 1 N–H and O–H groups in total. The number of hydrogen-bond donors (Lipinski definition) is 1. The molecule has 1 aliphatic rings. The van der Waals surface area contributed by atoms with Gasteiger partial charge in [0.05, 0.1) is 6.61 Å². The molecule has 0 saturated heterocycles. The van der Waals surface area contributed by atoms with E-state index in [0.29, 0.717) is 13.2 Å². The van der Waals surface area contributed by atoms with Crippen molar-refractivity contribution in [2.24, 2.45) is 5.92 Å². The minimum atomic E-state index is -0.174. The van der Waals surface area contributed by atoms with Crippen LogP contribution >= 0.6 is 0 Å². The van der Waals surface area contributed by atoms with Gasteiger partial charge in [-0.1, -0.05) is 6.92 Å². The molecule has 1 aromatic rings. The third-order valence-electron chi connectivity index (χ3n) is 3.76. The quantitative estimate of drug-likeness (QED) is 0.671. The highest BCUT2D eigenvalue weighted by atomic mass is 19.1. The minimum absolute atomic E-state index is 0.174. The van der Waals surface area contributed by atoms with Gasteiger partial charge in [-0.3, -0.25) is 0 Å². The van der Waals surface area contributed by atoms with Gasteiger partial charge in [0.1, 0.15) is 5.82 Å². The van der Waals surface area contributed by atoms with E-state index in [0.717, 1.165) is 43.3 Å². The molecule has 1 fully saturated rings. The predicted octanol–water partition coefficient (Wildman–Crippen LogP) is 3.19. The molecule has 0 unspecified atom stereocenters. The molecule has 0 radical (unpaired) electrons. The van der Waals surface area contributed by atoms with Gasteiger partial charge in [-0.05, 0) is 55.5 Å². The lowest BCUT2D eigenvalue weighted by Gasteiger charge is -2.20. The lowest BCUT2D eigenvalue weighted by Crippen LogP contribution is -2.23. The summed E-state index contributed by atoms with van der Waals surface area (Å²) in [6.07, 6.45) is 3.71. The topological polar surface area (TPSA) is 24.5 Å². The lowest BCUT2D eigenvalue weighted by molar-refractivity contribution is 0.131. The van der Waals surface area contributed by atoms with Gasteiger partial charge < -0.3 is 15.0 Å². The normalized spacial score (nSPS) is 14.4. The highest BCUT2D eigenvalue weighted by molar-refractivity contribution is 5.48. The van der Waals surface area contributed by atoms with Gasteiger partial charge in [0.25, 0.3) is 0 Å².